The Labute approximate surface area is 113 Å². The third kappa shape index (κ3) is 3.72. The summed E-state index contributed by atoms with van der Waals surface area (Å²) in [5.74, 6) is -0.988. The Morgan fingerprint density at radius 1 is 1.32 bits per heavy atom. The largest absolute Gasteiger partial charge is 0.481 e. The van der Waals surface area contributed by atoms with Crippen LogP contribution in [0.4, 0.5) is 4.79 Å². The molecule has 0 aromatic carbocycles. The topological polar surface area (TPSA) is 69.6 Å². The van der Waals surface area contributed by atoms with Crippen molar-refractivity contribution in [3.05, 3.63) is 12.2 Å². The lowest BCUT2D eigenvalue weighted by Crippen LogP contribution is -2.51. The second-order valence-electron chi connectivity index (χ2n) is 5.71. The first-order chi connectivity index (χ1) is 9.06. The molecule has 1 aliphatic heterocycles. The van der Waals surface area contributed by atoms with Crippen LogP contribution in [-0.4, -0.2) is 41.1 Å². The third-order valence-corrected chi connectivity index (χ3v) is 3.89. The van der Waals surface area contributed by atoms with Crippen molar-refractivity contribution in [2.75, 3.05) is 13.1 Å². The summed E-state index contributed by atoms with van der Waals surface area (Å²) in [6.07, 6.45) is 7.72. The zero-order valence-corrected chi connectivity index (χ0v) is 11.3. The van der Waals surface area contributed by atoms with E-state index in [4.69, 9.17) is 5.11 Å². The van der Waals surface area contributed by atoms with E-state index >= 15 is 0 Å². The number of hydrogen-bond donors (Lipinski definition) is 2. The van der Waals surface area contributed by atoms with Gasteiger partial charge in [-0.3, -0.25) is 4.79 Å². The van der Waals surface area contributed by atoms with Crippen molar-refractivity contribution in [3.63, 3.8) is 0 Å². The number of allylic oxidation sites excluding steroid dienone is 1. The molecule has 2 N–H and O–H groups in total. The first-order valence-corrected chi connectivity index (χ1v) is 6.99. The van der Waals surface area contributed by atoms with Crippen LogP contribution in [0.3, 0.4) is 0 Å². The van der Waals surface area contributed by atoms with E-state index in [1.165, 1.54) is 0 Å². The van der Waals surface area contributed by atoms with E-state index in [2.05, 4.69) is 17.5 Å². The molecule has 0 spiro atoms. The number of rotatable bonds is 2. The smallest absolute Gasteiger partial charge is 0.317 e. The summed E-state index contributed by atoms with van der Waals surface area (Å²) >= 11 is 0. The zero-order valence-electron chi connectivity index (χ0n) is 11.3. The van der Waals surface area contributed by atoms with E-state index in [9.17, 15) is 9.59 Å². The van der Waals surface area contributed by atoms with Crippen LogP contribution in [0.5, 0.6) is 0 Å². The molecule has 0 saturated carbocycles. The fourth-order valence-corrected chi connectivity index (χ4v) is 2.89. The number of amides is 2. The van der Waals surface area contributed by atoms with Crippen molar-refractivity contribution < 1.29 is 14.7 Å². The number of carboxylic acids is 1. The Kier molecular flexibility index (Phi) is 4.45. The van der Waals surface area contributed by atoms with Crippen molar-refractivity contribution >= 4 is 12.0 Å². The molecule has 2 rings (SSSR count). The highest BCUT2D eigenvalue weighted by molar-refractivity contribution is 5.76. The van der Waals surface area contributed by atoms with E-state index in [0.717, 1.165) is 19.3 Å². The summed E-state index contributed by atoms with van der Waals surface area (Å²) in [6, 6.07) is 0.0797. The molecule has 1 saturated heterocycles. The summed E-state index contributed by atoms with van der Waals surface area (Å²) < 4.78 is 0. The van der Waals surface area contributed by atoms with Crippen LogP contribution in [0.2, 0.25) is 0 Å². The summed E-state index contributed by atoms with van der Waals surface area (Å²) in [4.78, 5) is 24.9. The Morgan fingerprint density at radius 3 is 2.74 bits per heavy atom. The Bertz CT molecular complexity index is 381. The Balaban J connectivity index is 1.90. The van der Waals surface area contributed by atoms with Crippen LogP contribution >= 0.6 is 0 Å². The van der Waals surface area contributed by atoms with Crippen LogP contribution in [-0.2, 0) is 4.79 Å². The lowest BCUT2D eigenvalue weighted by molar-refractivity contribution is -0.143. The van der Waals surface area contributed by atoms with Gasteiger partial charge in [0.05, 0.1) is 5.92 Å². The standard InChI is InChI=1S/C14H22N2O3/c1-10-7-11(13(17)18)9-16(8-10)14(19)15-12-5-3-2-4-6-12/h2-3,10-12H,4-9H2,1H3,(H,15,19)(H,17,18). The lowest BCUT2D eigenvalue weighted by Gasteiger charge is -2.35. The number of hydrogen-bond acceptors (Lipinski definition) is 2. The molecule has 1 heterocycles. The number of nitrogens with one attached hydrogen (secondary N) is 1. The van der Waals surface area contributed by atoms with Gasteiger partial charge in [-0.05, 0) is 31.6 Å². The predicted molar refractivity (Wildman–Crippen MR) is 71.8 cm³/mol. The van der Waals surface area contributed by atoms with Gasteiger partial charge in [-0.1, -0.05) is 19.1 Å². The zero-order chi connectivity index (χ0) is 13.8. The van der Waals surface area contributed by atoms with Crippen LogP contribution in [0.15, 0.2) is 12.2 Å². The molecule has 5 heteroatoms. The number of likely N-dealkylation sites (tertiary alicyclic amines) is 1. The molecule has 0 aromatic heterocycles. The van der Waals surface area contributed by atoms with E-state index in [1.807, 2.05) is 6.92 Å². The molecule has 3 atom stereocenters. The van der Waals surface area contributed by atoms with Gasteiger partial charge >= 0.3 is 12.0 Å². The van der Waals surface area contributed by atoms with Gasteiger partial charge in [0, 0.05) is 19.1 Å². The maximum absolute atomic E-state index is 12.2. The molecule has 0 bridgehead atoms. The van der Waals surface area contributed by atoms with Gasteiger partial charge in [0.1, 0.15) is 0 Å². The van der Waals surface area contributed by atoms with Gasteiger partial charge in [0.2, 0.25) is 0 Å². The molecule has 2 amide bonds. The van der Waals surface area contributed by atoms with Crippen molar-refractivity contribution in [3.8, 4) is 0 Å². The minimum absolute atomic E-state index is 0.113. The highest BCUT2D eigenvalue weighted by Crippen LogP contribution is 2.22. The van der Waals surface area contributed by atoms with Gasteiger partial charge in [-0.2, -0.15) is 0 Å². The number of carbonyl (C=O) groups is 2. The van der Waals surface area contributed by atoms with Crippen LogP contribution in [0.1, 0.15) is 32.6 Å². The molecule has 2 aliphatic rings. The van der Waals surface area contributed by atoms with Crippen LogP contribution in [0, 0.1) is 11.8 Å². The van der Waals surface area contributed by atoms with Crippen molar-refractivity contribution in [1.29, 1.82) is 0 Å². The van der Waals surface area contributed by atoms with Crippen molar-refractivity contribution in [2.45, 2.75) is 38.6 Å². The average molecular weight is 266 g/mol. The van der Waals surface area contributed by atoms with Crippen molar-refractivity contribution in [1.82, 2.24) is 10.2 Å². The monoisotopic (exact) mass is 266 g/mol. The number of urea groups is 1. The second-order valence-corrected chi connectivity index (χ2v) is 5.71. The summed E-state index contributed by atoms with van der Waals surface area (Å²) in [5.41, 5.74) is 0. The molecule has 5 nitrogen and oxygen atoms in total. The lowest BCUT2D eigenvalue weighted by atomic mass is 9.91. The number of piperidine rings is 1. The van der Waals surface area contributed by atoms with Crippen molar-refractivity contribution in [2.24, 2.45) is 11.8 Å². The van der Waals surface area contributed by atoms with Crippen LogP contribution in [0.25, 0.3) is 0 Å². The number of carboxylic acid groups (broad SMARTS) is 1. The van der Waals surface area contributed by atoms with Gasteiger partial charge in [-0.25, -0.2) is 4.79 Å². The minimum Gasteiger partial charge on any atom is -0.481 e. The number of aliphatic carboxylic acids is 1. The summed E-state index contributed by atoms with van der Waals surface area (Å²) in [5, 5.41) is 12.1. The second kappa shape index (κ2) is 6.08. The Hall–Kier alpha value is -1.52. The first-order valence-electron chi connectivity index (χ1n) is 6.99. The van der Waals surface area contributed by atoms with Gasteiger partial charge in [-0.15, -0.1) is 0 Å². The third-order valence-electron chi connectivity index (χ3n) is 3.89. The van der Waals surface area contributed by atoms with Gasteiger partial charge < -0.3 is 15.3 Å². The highest BCUT2D eigenvalue weighted by atomic mass is 16.4. The Morgan fingerprint density at radius 2 is 2.11 bits per heavy atom. The average Bonchev–Trinajstić information content (AvgIpc) is 2.39. The summed E-state index contributed by atoms with van der Waals surface area (Å²) in [7, 11) is 0. The van der Waals surface area contributed by atoms with E-state index in [1.54, 1.807) is 4.90 Å². The molecular weight excluding hydrogens is 244 g/mol. The molecule has 0 radical (unpaired) electrons. The molecule has 1 fully saturated rings. The summed E-state index contributed by atoms with van der Waals surface area (Å²) in [6.45, 7) is 2.98. The predicted octanol–water partition coefficient (Wildman–Crippen LogP) is 1.85. The molecule has 19 heavy (non-hydrogen) atoms. The van der Waals surface area contributed by atoms with Crippen LogP contribution < -0.4 is 5.32 Å². The quantitative estimate of drug-likeness (QED) is 0.749. The molecule has 106 valence electrons. The highest BCUT2D eigenvalue weighted by Gasteiger charge is 2.32. The van der Waals surface area contributed by atoms with E-state index in [-0.39, 0.29) is 18.0 Å². The molecule has 3 unspecified atom stereocenters. The van der Waals surface area contributed by atoms with Gasteiger partial charge in [0.15, 0.2) is 0 Å². The maximum Gasteiger partial charge on any atom is 0.317 e. The minimum atomic E-state index is -0.801. The van der Waals surface area contributed by atoms with E-state index in [0.29, 0.717) is 19.5 Å². The first kappa shape index (κ1) is 13.9. The fourth-order valence-electron chi connectivity index (χ4n) is 2.89. The SMILES string of the molecule is CC1CC(C(=O)O)CN(C(=O)NC2CC=CCC2)C1. The fraction of sp³-hybridized carbons (Fsp3) is 0.714. The van der Waals surface area contributed by atoms with Gasteiger partial charge in [0.25, 0.3) is 0 Å². The number of nitrogens with zero attached hydrogens (tertiary/aromatic N) is 1. The number of carbonyl (C=O) groups excluding carboxylic acids is 1. The normalized spacial score (nSPS) is 31.0. The maximum atomic E-state index is 12.2. The molecular formula is C14H22N2O3. The van der Waals surface area contributed by atoms with E-state index < -0.39 is 11.9 Å². The molecule has 1 aliphatic carbocycles. The molecule has 0 aromatic rings.